The van der Waals surface area contributed by atoms with E-state index in [-0.39, 0.29) is 5.41 Å². The summed E-state index contributed by atoms with van der Waals surface area (Å²) in [6.45, 7) is 3.39. The van der Waals surface area contributed by atoms with Crippen LogP contribution in [0.3, 0.4) is 0 Å². The van der Waals surface area contributed by atoms with Gasteiger partial charge in [0.15, 0.2) is 0 Å². The number of aromatic nitrogens is 1. The highest BCUT2D eigenvalue weighted by Gasteiger charge is 2.35. The number of hydrogen-bond acceptors (Lipinski definition) is 4. The van der Waals surface area contributed by atoms with Gasteiger partial charge in [0.1, 0.15) is 23.3 Å². The van der Waals surface area contributed by atoms with Gasteiger partial charge in [0.2, 0.25) is 5.89 Å². The van der Waals surface area contributed by atoms with Crippen molar-refractivity contribution in [1.29, 1.82) is 0 Å². The lowest BCUT2D eigenvalue weighted by atomic mass is 9.65. The molecule has 0 aliphatic heterocycles. The third-order valence-corrected chi connectivity index (χ3v) is 5.94. The Morgan fingerprint density at radius 1 is 0.893 bits per heavy atom. The summed E-state index contributed by atoms with van der Waals surface area (Å²) >= 11 is 0. The molecule has 1 heterocycles. The molecule has 0 atom stereocenters. The maximum Gasteiger partial charge on any atom is 0.226 e. The van der Waals surface area contributed by atoms with Gasteiger partial charge in [-0.15, -0.1) is 0 Å². The zero-order valence-corrected chi connectivity index (χ0v) is 16.5. The number of benzene rings is 2. The molecule has 4 rings (SSSR count). The Bertz CT molecular complexity index is 927. The molecule has 0 bridgehead atoms. The summed E-state index contributed by atoms with van der Waals surface area (Å²) in [5.41, 5.74) is 2.94. The van der Waals surface area contributed by atoms with E-state index in [4.69, 9.17) is 4.42 Å². The summed E-state index contributed by atoms with van der Waals surface area (Å²) in [5, 5.41) is 19.8. The van der Waals surface area contributed by atoms with E-state index in [9.17, 15) is 10.2 Å². The molecule has 4 heteroatoms. The summed E-state index contributed by atoms with van der Waals surface area (Å²) < 4.78 is 5.59. The minimum absolute atomic E-state index is 0.0146. The first-order chi connectivity index (χ1) is 13.4. The molecule has 146 valence electrons. The average Bonchev–Trinajstić information content (AvgIpc) is 3.20. The molecule has 3 aromatic rings. The van der Waals surface area contributed by atoms with Gasteiger partial charge in [-0.25, -0.2) is 4.98 Å². The standard InChI is InChI=1S/C24H27NO3/c1-23(2,27)21-16-28-22(25-21)17-6-8-18(9-7-17)24(14-4-3-5-15-24)19-10-12-20(26)13-11-19/h6-13,16,26-27H,3-5,14-15H2,1-2H3. The molecule has 2 aromatic carbocycles. The van der Waals surface area contributed by atoms with E-state index in [1.165, 1.54) is 36.7 Å². The van der Waals surface area contributed by atoms with Gasteiger partial charge < -0.3 is 14.6 Å². The van der Waals surface area contributed by atoms with Crippen molar-refractivity contribution in [3.8, 4) is 17.2 Å². The van der Waals surface area contributed by atoms with Crippen LogP contribution in [-0.2, 0) is 11.0 Å². The van der Waals surface area contributed by atoms with Crippen LogP contribution in [0.25, 0.3) is 11.5 Å². The first-order valence-corrected chi connectivity index (χ1v) is 9.97. The molecule has 1 saturated carbocycles. The summed E-state index contributed by atoms with van der Waals surface area (Å²) in [4.78, 5) is 4.43. The van der Waals surface area contributed by atoms with Gasteiger partial charge >= 0.3 is 0 Å². The summed E-state index contributed by atoms with van der Waals surface area (Å²) in [6, 6.07) is 16.1. The SMILES string of the molecule is CC(C)(O)c1coc(-c2ccc(C3(c4ccc(O)cc4)CCCCC3)cc2)n1. The van der Waals surface area contributed by atoms with Crippen molar-refractivity contribution in [3.05, 3.63) is 71.6 Å². The number of aromatic hydroxyl groups is 1. The zero-order chi connectivity index (χ0) is 19.8. The lowest BCUT2D eigenvalue weighted by molar-refractivity contribution is 0.0738. The molecule has 1 aliphatic carbocycles. The smallest absolute Gasteiger partial charge is 0.226 e. The highest BCUT2D eigenvalue weighted by molar-refractivity contribution is 5.55. The van der Waals surface area contributed by atoms with E-state index in [1.807, 2.05) is 12.1 Å². The second-order valence-corrected chi connectivity index (χ2v) is 8.36. The Labute approximate surface area is 165 Å². The van der Waals surface area contributed by atoms with Gasteiger partial charge in [-0.1, -0.05) is 43.5 Å². The Morgan fingerprint density at radius 2 is 1.46 bits per heavy atom. The maximum atomic E-state index is 10.1. The van der Waals surface area contributed by atoms with Crippen molar-refractivity contribution in [2.24, 2.45) is 0 Å². The number of nitrogens with zero attached hydrogens (tertiary/aromatic N) is 1. The summed E-state index contributed by atoms with van der Waals surface area (Å²) in [7, 11) is 0. The van der Waals surface area contributed by atoms with E-state index < -0.39 is 5.60 Å². The molecule has 1 aromatic heterocycles. The number of hydrogen-bond donors (Lipinski definition) is 2. The molecule has 0 spiro atoms. The fourth-order valence-electron chi connectivity index (χ4n) is 4.30. The van der Waals surface area contributed by atoms with Crippen LogP contribution in [0, 0.1) is 0 Å². The van der Waals surface area contributed by atoms with Crippen molar-refractivity contribution in [3.63, 3.8) is 0 Å². The molecule has 2 N–H and O–H groups in total. The average molecular weight is 377 g/mol. The normalized spacial score (nSPS) is 16.8. The second-order valence-electron chi connectivity index (χ2n) is 8.36. The summed E-state index contributed by atoms with van der Waals surface area (Å²) in [6.07, 6.45) is 7.42. The maximum absolute atomic E-state index is 10.1. The van der Waals surface area contributed by atoms with Gasteiger partial charge in [0.25, 0.3) is 0 Å². The molecule has 0 saturated heterocycles. The van der Waals surface area contributed by atoms with Gasteiger partial charge in [-0.3, -0.25) is 0 Å². The first kappa shape index (κ1) is 18.8. The van der Waals surface area contributed by atoms with Crippen LogP contribution in [0.4, 0.5) is 0 Å². The van der Waals surface area contributed by atoms with E-state index in [0.29, 0.717) is 17.3 Å². The molecular weight excluding hydrogens is 350 g/mol. The van der Waals surface area contributed by atoms with Crippen molar-refractivity contribution >= 4 is 0 Å². The number of aliphatic hydroxyl groups is 1. The predicted molar refractivity (Wildman–Crippen MR) is 109 cm³/mol. The van der Waals surface area contributed by atoms with Crippen LogP contribution in [0.15, 0.2) is 59.2 Å². The Kier molecular flexibility index (Phi) is 4.76. The molecule has 0 radical (unpaired) electrons. The third-order valence-electron chi connectivity index (χ3n) is 5.94. The molecule has 28 heavy (non-hydrogen) atoms. The van der Waals surface area contributed by atoms with Crippen LogP contribution in [-0.4, -0.2) is 15.2 Å². The van der Waals surface area contributed by atoms with E-state index in [2.05, 4.69) is 29.2 Å². The number of phenolic OH excluding ortho intramolecular Hbond substituents is 1. The van der Waals surface area contributed by atoms with Crippen LogP contribution >= 0.6 is 0 Å². The van der Waals surface area contributed by atoms with E-state index in [1.54, 1.807) is 26.0 Å². The molecule has 4 nitrogen and oxygen atoms in total. The van der Waals surface area contributed by atoms with Crippen LogP contribution < -0.4 is 0 Å². The van der Waals surface area contributed by atoms with Crippen molar-refractivity contribution in [1.82, 2.24) is 4.98 Å². The molecule has 1 aliphatic rings. The van der Waals surface area contributed by atoms with Crippen LogP contribution in [0.1, 0.15) is 62.8 Å². The van der Waals surface area contributed by atoms with Crippen molar-refractivity contribution < 1.29 is 14.6 Å². The van der Waals surface area contributed by atoms with Gasteiger partial charge in [0, 0.05) is 11.0 Å². The highest BCUT2D eigenvalue weighted by Crippen LogP contribution is 2.45. The molecular formula is C24H27NO3. The Hall–Kier alpha value is -2.59. The Balaban J connectivity index is 1.69. The monoisotopic (exact) mass is 377 g/mol. The van der Waals surface area contributed by atoms with Gasteiger partial charge in [0.05, 0.1) is 0 Å². The number of oxazole rings is 1. The lowest BCUT2D eigenvalue weighted by Gasteiger charge is -2.38. The molecule has 0 unspecified atom stereocenters. The van der Waals surface area contributed by atoms with Gasteiger partial charge in [-0.05, 0) is 62.1 Å². The highest BCUT2D eigenvalue weighted by atomic mass is 16.3. The van der Waals surface area contributed by atoms with Crippen molar-refractivity contribution in [2.75, 3.05) is 0 Å². The fraction of sp³-hybridized carbons (Fsp3) is 0.375. The third kappa shape index (κ3) is 3.45. The number of phenols is 1. The summed E-state index contributed by atoms with van der Waals surface area (Å²) in [5.74, 6) is 0.822. The first-order valence-electron chi connectivity index (χ1n) is 9.97. The minimum atomic E-state index is -1.02. The van der Waals surface area contributed by atoms with Crippen LogP contribution in [0.5, 0.6) is 5.75 Å². The minimum Gasteiger partial charge on any atom is -0.508 e. The quantitative estimate of drug-likeness (QED) is 0.628. The molecule has 1 fully saturated rings. The van der Waals surface area contributed by atoms with E-state index >= 15 is 0 Å². The predicted octanol–water partition coefficient (Wildman–Crippen LogP) is 5.52. The largest absolute Gasteiger partial charge is 0.508 e. The fourth-order valence-corrected chi connectivity index (χ4v) is 4.30. The molecule has 0 amide bonds. The zero-order valence-electron chi connectivity index (χ0n) is 16.5. The van der Waals surface area contributed by atoms with Gasteiger partial charge in [-0.2, -0.15) is 0 Å². The second kappa shape index (κ2) is 7.10. The topological polar surface area (TPSA) is 66.5 Å². The lowest BCUT2D eigenvalue weighted by Crippen LogP contribution is -2.30. The van der Waals surface area contributed by atoms with Crippen molar-refractivity contribution in [2.45, 2.75) is 57.0 Å². The van der Waals surface area contributed by atoms with Crippen LogP contribution in [0.2, 0.25) is 0 Å². The number of rotatable bonds is 4. The van der Waals surface area contributed by atoms with E-state index in [0.717, 1.165) is 18.4 Å². The Morgan fingerprint density at radius 3 is 2.00 bits per heavy atom.